The maximum Gasteiger partial charge on any atom is 0.235 e. The Morgan fingerprint density at radius 3 is 2.22 bits per heavy atom. The highest BCUT2D eigenvalue weighted by molar-refractivity contribution is 6.32. The number of aliphatic hydroxyl groups is 1. The van der Waals surface area contributed by atoms with Crippen LogP contribution in [-0.4, -0.2) is 103 Å². The molecule has 2 fully saturated rings. The largest absolute Gasteiger partial charge is 0.507 e. The van der Waals surface area contributed by atoms with Crippen LogP contribution in [0.2, 0.25) is 0 Å². The number of aromatic hydroxyl groups is 1. The van der Waals surface area contributed by atoms with Gasteiger partial charge in [0.05, 0.1) is 17.5 Å². The SMILES string of the molecule is CN(C)Cc1cc(N(C)C)c2c(c1O)C(=O)C1C(=O)[C@]3(O)C(=O)C(C(N)=O)C(=O)[C@@H](N(C)C)C3CC1C2. The van der Waals surface area contributed by atoms with Crippen molar-refractivity contribution in [3.8, 4) is 5.75 Å². The molecule has 3 aliphatic carbocycles. The third-order valence-electron chi connectivity index (χ3n) is 8.09. The van der Waals surface area contributed by atoms with Crippen LogP contribution in [0.25, 0.3) is 0 Å². The van der Waals surface area contributed by atoms with Crippen molar-refractivity contribution in [2.45, 2.75) is 31.0 Å². The Bertz CT molecular complexity index is 1220. The smallest absolute Gasteiger partial charge is 0.235 e. The van der Waals surface area contributed by atoms with Gasteiger partial charge in [-0.15, -0.1) is 0 Å². The van der Waals surface area contributed by atoms with Crippen molar-refractivity contribution in [3.63, 3.8) is 0 Å². The van der Waals surface area contributed by atoms with Crippen molar-refractivity contribution in [3.05, 3.63) is 22.8 Å². The van der Waals surface area contributed by atoms with Crippen molar-refractivity contribution in [1.82, 2.24) is 9.80 Å². The number of Topliss-reactive ketones (excluding diaryl/α,β-unsaturated/α-hetero) is 4. The first-order valence-corrected chi connectivity index (χ1v) is 12.2. The molecule has 4 N–H and O–H groups in total. The second kappa shape index (κ2) is 9.00. The second-order valence-corrected chi connectivity index (χ2v) is 11.2. The first-order valence-electron chi connectivity index (χ1n) is 12.2. The number of carbonyl (C=O) groups is 5. The van der Waals surface area contributed by atoms with E-state index in [2.05, 4.69) is 0 Å². The average molecular weight is 515 g/mol. The molecular weight excluding hydrogens is 480 g/mol. The summed E-state index contributed by atoms with van der Waals surface area (Å²) in [5.74, 6) is -10.4. The molecule has 0 aliphatic heterocycles. The van der Waals surface area contributed by atoms with E-state index in [9.17, 15) is 34.2 Å². The van der Waals surface area contributed by atoms with E-state index >= 15 is 0 Å². The van der Waals surface area contributed by atoms with Crippen molar-refractivity contribution in [2.24, 2.45) is 29.4 Å². The van der Waals surface area contributed by atoms with Gasteiger partial charge in [-0.2, -0.15) is 0 Å². The Morgan fingerprint density at radius 2 is 1.70 bits per heavy atom. The number of hydrogen-bond donors (Lipinski definition) is 3. The van der Waals surface area contributed by atoms with Gasteiger partial charge in [-0.1, -0.05) is 0 Å². The molecule has 11 nitrogen and oxygen atoms in total. The highest BCUT2D eigenvalue weighted by Crippen LogP contribution is 2.52. The van der Waals surface area contributed by atoms with Crippen LogP contribution in [0.5, 0.6) is 5.75 Å². The average Bonchev–Trinajstić information content (AvgIpc) is 2.77. The molecule has 0 aromatic heterocycles. The molecule has 1 aromatic rings. The lowest BCUT2D eigenvalue weighted by atomic mass is 9.52. The van der Waals surface area contributed by atoms with Crippen LogP contribution in [0.1, 0.15) is 27.9 Å². The van der Waals surface area contributed by atoms with Gasteiger partial charge in [0.2, 0.25) is 5.91 Å². The lowest BCUT2D eigenvalue weighted by molar-refractivity contribution is -0.181. The van der Waals surface area contributed by atoms with Gasteiger partial charge in [0.25, 0.3) is 0 Å². The Kier molecular flexibility index (Phi) is 6.54. The number of phenolic OH excluding ortho intramolecular Hbond substituents is 1. The zero-order valence-electron chi connectivity index (χ0n) is 21.9. The Morgan fingerprint density at radius 1 is 1.08 bits per heavy atom. The molecule has 2 saturated carbocycles. The van der Waals surface area contributed by atoms with E-state index in [0.717, 1.165) is 5.69 Å². The summed E-state index contributed by atoms with van der Waals surface area (Å²) in [7, 11) is 10.4. The number of benzene rings is 1. The number of nitrogens with two attached hydrogens (primary N) is 1. The fourth-order valence-corrected chi connectivity index (χ4v) is 6.57. The Labute approximate surface area is 215 Å². The van der Waals surface area contributed by atoms with Crippen molar-refractivity contribution < 1.29 is 34.2 Å². The summed E-state index contributed by atoms with van der Waals surface area (Å²) >= 11 is 0. The van der Waals surface area contributed by atoms with Crippen LogP contribution >= 0.6 is 0 Å². The fraction of sp³-hybridized carbons (Fsp3) is 0.577. The van der Waals surface area contributed by atoms with Crippen LogP contribution < -0.4 is 10.6 Å². The van der Waals surface area contributed by atoms with E-state index in [1.807, 2.05) is 44.1 Å². The zero-order valence-corrected chi connectivity index (χ0v) is 21.9. The van der Waals surface area contributed by atoms with E-state index < -0.39 is 64.4 Å². The van der Waals surface area contributed by atoms with E-state index in [4.69, 9.17) is 5.73 Å². The third kappa shape index (κ3) is 3.79. The number of likely N-dealkylation sites (N-methyl/N-ethyl adjacent to an activating group) is 1. The maximum atomic E-state index is 13.9. The van der Waals surface area contributed by atoms with Gasteiger partial charge in [-0.25, -0.2) is 0 Å². The van der Waals surface area contributed by atoms with E-state index in [0.29, 0.717) is 17.7 Å². The quantitative estimate of drug-likeness (QED) is 0.415. The summed E-state index contributed by atoms with van der Waals surface area (Å²) in [6.07, 6.45) is 0.256. The van der Waals surface area contributed by atoms with Crippen LogP contribution in [0.3, 0.4) is 0 Å². The minimum atomic E-state index is -2.72. The summed E-state index contributed by atoms with van der Waals surface area (Å²) < 4.78 is 0. The van der Waals surface area contributed by atoms with Gasteiger partial charge in [0.15, 0.2) is 34.7 Å². The second-order valence-electron chi connectivity index (χ2n) is 11.2. The third-order valence-corrected chi connectivity index (χ3v) is 8.09. The van der Waals surface area contributed by atoms with Gasteiger partial charge in [0, 0.05) is 37.8 Å². The van der Waals surface area contributed by atoms with Crippen LogP contribution in [-0.2, 0) is 32.1 Å². The highest BCUT2D eigenvalue weighted by atomic mass is 16.3. The van der Waals surface area contributed by atoms with Crippen molar-refractivity contribution >= 4 is 34.7 Å². The summed E-state index contributed by atoms with van der Waals surface area (Å²) in [5.41, 5.74) is 4.44. The molecule has 0 radical (unpaired) electrons. The number of primary amides is 1. The van der Waals surface area contributed by atoms with E-state index in [-0.39, 0.29) is 24.2 Å². The normalized spacial score (nSPS) is 31.3. The number of nitrogens with zero attached hydrogens (tertiary/aromatic N) is 3. The van der Waals surface area contributed by atoms with E-state index in [1.54, 1.807) is 14.1 Å². The number of ketones is 4. The first-order chi connectivity index (χ1) is 17.1. The molecule has 200 valence electrons. The summed E-state index contributed by atoms with van der Waals surface area (Å²) in [6.45, 7) is 0.340. The van der Waals surface area contributed by atoms with Gasteiger partial charge in [0.1, 0.15) is 5.75 Å². The zero-order chi connectivity index (χ0) is 27.7. The number of amides is 1. The first kappa shape index (κ1) is 26.9. The minimum absolute atomic E-state index is 0.00893. The summed E-state index contributed by atoms with van der Waals surface area (Å²) in [5, 5.41) is 22.8. The number of anilines is 1. The highest BCUT2D eigenvalue weighted by Gasteiger charge is 2.69. The molecule has 3 aliphatic rings. The van der Waals surface area contributed by atoms with Crippen LogP contribution in [0.15, 0.2) is 6.07 Å². The molecule has 37 heavy (non-hydrogen) atoms. The number of hydrogen-bond acceptors (Lipinski definition) is 10. The molecule has 6 atom stereocenters. The van der Waals surface area contributed by atoms with Gasteiger partial charge < -0.3 is 25.7 Å². The lowest BCUT2D eigenvalue weighted by Crippen LogP contribution is -2.74. The van der Waals surface area contributed by atoms with Crippen molar-refractivity contribution in [1.29, 1.82) is 0 Å². The van der Waals surface area contributed by atoms with Crippen molar-refractivity contribution in [2.75, 3.05) is 47.2 Å². The monoisotopic (exact) mass is 514 g/mol. The molecule has 0 saturated heterocycles. The van der Waals surface area contributed by atoms with Crippen LogP contribution in [0, 0.1) is 23.7 Å². The van der Waals surface area contributed by atoms with E-state index in [1.165, 1.54) is 4.90 Å². The molecule has 0 spiro atoms. The molecule has 11 heteroatoms. The molecule has 4 unspecified atom stereocenters. The fourth-order valence-electron chi connectivity index (χ4n) is 6.57. The summed E-state index contributed by atoms with van der Waals surface area (Å²) in [6, 6.07) is 0.696. The van der Waals surface area contributed by atoms with Gasteiger partial charge >= 0.3 is 0 Å². The summed E-state index contributed by atoms with van der Waals surface area (Å²) in [4.78, 5) is 71.5. The standard InChI is InChI=1S/C26H34N4O7/c1-28(2)10-12-9-15(29(3)4)13-7-11-8-14-19(30(5)6)22(33)18(25(27)36)24(35)26(14,37)23(34)16(11)21(32)17(13)20(12)31/h9,11,14,16,18-19,31,37H,7-8,10H2,1-6H3,(H2,27,36)/t11?,14?,16?,18?,19-,26-/m0/s1. The molecule has 4 rings (SSSR count). The number of phenols is 1. The lowest BCUT2D eigenvalue weighted by Gasteiger charge is -2.52. The Hall–Kier alpha value is -3.15. The molecule has 1 amide bonds. The maximum absolute atomic E-state index is 13.9. The topological polar surface area (TPSA) is 162 Å². The predicted molar refractivity (Wildman–Crippen MR) is 133 cm³/mol. The number of carbonyl (C=O) groups excluding carboxylic acids is 5. The van der Waals surface area contributed by atoms with Gasteiger partial charge in [-0.3, -0.25) is 28.9 Å². The minimum Gasteiger partial charge on any atom is -0.507 e. The Balaban J connectivity index is 1.90. The number of fused-ring (bicyclic) bond motifs is 3. The van der Waals surface area contributed by atoms with Gasteiger partial charge in [-0.05, 0) is 58.6 Å². The molecular formula is C26H34N4O7. The molecule has 0 bridgehead atoms. The van der Waals surface area contributed by atoms with Crippen LogP contribution in [0.4, 0.5) is 5.69 Å². The number of rotatable bonds is 5. The molecule has 0 heterocycles. The predicted octanol–water partition coefficient (Wildman–Crippen LogP) is -1.01. The molecule has 1 aromatic carbocycles.